The Labute approximate surface area is 111 Å². The third-order valence-electron chi connectivity index (χ3n) is 4.52. The molecule has 0 radical (unpaired) electrons. The maximum absolute atomic E-state index is 12.7. The monoisotopic (exact) mass is 250 g/mol. The lowest BCUT2D eigenvalue weighted by Crippen LogP contribution is -2.28. The summed E-state index contributed by atoms with van der Waals surface area (Å²) in [5.41, 5.74) is 4.10. The Morgan fingerprint density at radius 1 is 0.895 bits per heavy atom. The molecule has 0 bridgehead atoms. The minimum absolute atomic E-state index is 0.180. The average molecular weight is 250 g/mol. The zero-order valence-corrected chi connectivity index (χ0v) is 10.5. The van der Waals surface area contributed by atoms with Crippen LogP contribution in [0.15, 0.2) is 42.5 Å². The second kappa shape index (κ2) is 3.47. The normalized spacial score (nSPS) is 18.6. The van der Waals surface area contributed by atoms with Crippen LogP contribution >= 0.6 is 0 Å². The number of phenolic OH excluding ortho intramolecular Hbond substituents is 1. The van der Waals surface area contributed by atoms with Gasteiger partial charge in [-0.3, -0.25) is 4.79 Å². The summed E-state index contributed by atoms with van der Waals surface area (Å²) in [4.78, 5) is 12.7. The van der Waals surface area contributed by atoms with E-state index in [1.54, 1.807) is 12.1 Å². The van der Waals surface area contributed by atoms with Crippen molar-refractivity contribution in [1.29, 1.82) is 0 Å². The SMILES string of the molecule is O=C1c2cc(O)ccc2CC12Cc1ccccc1C2. The van der Waals surface area contributed by atoms with Crippen LogP contribution in [0.4, 0.5) is 0 Å². The van der Waals surface area contributed by atoms with Crippen molar-refractivity contribution >= 4 is 5.78 Å². The topological polar surface area (TPSA) is 37.3 Å². The van der Waals surface area contributed by atoms with Gasteiger partial charge in [-0.2, -0.15) is 0 Å². The van der Waals surface area contributed by atoms with Crippen LogP contribution in [0.3, 0.4) is 0 Å². The molecule has 0 heterocycles. The molecule has 0 saturated heterocycles. The quantitative estimate of drug-likeness (QED) is 0.780. The Morgan fingerprint density at radius 2 is 1.53 bits per heavy atom. The third kappa shape index (κ3) is 1.40. The van der Waals surface area contributed by atoms with E-state index < -0.39 is 0 Å². The van der Waals surface area contributed by atoms with Crippen LogP contribution < -0.4 is 0 Å². The number of rotatable bonds is 0. The number of carbonyl (C=O) groups is 1. The van der Waals surface area contributed by atoms with E-state index in [2.05, 4.69) is 12.1 Å². The van der Waals surface area contributed by atoms with Crippen LogP contribution in [0.1, 0.15) is 27.0 Å². The first-order valence-electron chi connectivity index (χ1n) is 6.61. The highest BCUT2D eigenvalue weighted by atomic mass is 16.3. The molecule has 0 saturated carbocycles. The molecule has 2 aromatic carbocycles. The van der Waals surface area contributed by atoms with Crippen molar-refractivity contribution in [1.82, 2.24) is 0 Å². The largest absolute Gasteiger partial charge is 0.508 e. The van der Waals surface area contributed by atoms with E-state index in [1.807, 2.05) is 18.2 Å². The van der Waals surface area contributed by atoms with Gasteiger partial charge in [-0.1, -0.05) is 30.3 Å². The highest BCUT2D eigenvalue weighted by molar-refractivity contribution is 6.06. The van der Waals surface area contributed by atoms with Crippen molar-refractivity contribution in [2.24, 2.45) is 5.41 Å². The van der Waals surface area contributed by atoms with Crippen molar-refractivity contribution < 1.29 is 9.90 Å². The number of ketones is 1. The van der Waals surface area contributed by atoms with E-state index in [1.165, 1.54) is 11.1 Å². The van der Waals surface area contributed by atoms with Crippen LogP contribution in [-0.2, 0) is 19.3 Å². The van der Waals surface area contributed by atoms with Crippen LogP contribution in [0.25, 0.3) is 0 Å². The molecule has 0 amide bonds. The summed E-state index contributed by atoms with van der Waals surface area (Å²) in [6.07, 6.45) is 2.46. The third-order valence-corrected chi connectivity index (χ3v) is 4.52. The number of carbonyl (C=O) groups excluding carboxylic acids is 1. The molecule has 2 heteroatoms. The number of hydrogen-bond acceptors (Lipinski definition) is 2. The summed E-state index contributed by atoms with van der Waals surface area (Å²) in [6, 6.07) is 13.5. The van der Waals surface area contributed by atoms with Crippen LogP contribution in [0, 0.1) is 5.41 Å². The molecule has 4 rings (SSSR count). The van der Waals surface area contributed by atoms with Gasteiger partial charge in [-0.05, 0) is 48.1 Å². The van der Waals surface area contributed by atoms with E-state index >= 15 is 0 Å². The smallest absolute Gasteiger partial charge is 0.170 e. The molecular weight excluding hydrogens is 236 g/mol. The van der Waals surface area contributed by atoms with Gasteiger partial charge in [0.05, 0.1) is 0 Å². The molecule has 0 atom stereocenters. The molecular formula is C17H14O2. The van der Waals surface area contributed by atoms with E-state index in [4.69, 9.17) is 0 Å². The lowest BCUT2D eigenvalue weighted by molar-refractivity contribution is 0.0831. The summed E-state index contributed by atoms with van der Waals surface area (Å²) < 4.78 is 0. The number of hydrogen-bond donors (Lipinski definition) is 1. The summed E-state index contributed by atoms with van der Waals surface area (Å²) in [6.45, 7) is 0. The van der Waals surface area contributed by atoms with Crippen LogP contribution in [0.5, 0.6) is 5.75 Å². The van der Waals surface area contributed by atoms with Gasteiger partial charge in [0.15, 0.2) is 5.78 Å². The molecule has 94 valence electrons. The van der Waals surface area contributed by atoms with Gasteiger partial charge in [-0.15, -0.1) is 0 Å². The maximum Gasteiger partial charge on any atom is 0.170 e. The Hall–Kier alpha value is -2.09. The number of aromatic hydroxyl groups is 1. The summed E-state index contributed by atoms with van der Waals surface area (Å²) in [5, 5.41) is 9.57. The molecule has 2 nitrogen and oxygen atoms in total. The summed E-state index contributed by atoms with van der Waals surface area (Å²) in [5.74, 6) is 0.384. The fourth-order valence-electron chi connectivity index (χ4n) is 3.64. The van der Waals surface area contributed by atoms with Gasteiger partial charge in [0.1, 0.15) is 5.75 Å². The number of fused-ring (bicyclic) bond motifs is 2. The lowest BCUT2D eigenvalue weighted by atomic mass is 9.81. The molecule has 0 fully saturated rings. The number of phenols is 1. The van der Waals surface area contributed by atoms with Gasteiger partial charge in [-0.25, -0.2) is 0 Å². The second-order valence-corrected chi connectivity index (χ2v) is 5.75. The van der Waals surface area contributed by atoms with E-state index in [0.29, 0.717) is 5.56 Å². The first kappa shape index (κ1) is 10.8. The predicted octanol–water partition coefficient (Wildman–Crippen LogP) is 2.92. The predicted molar refractivity (Wildman–Crippen MR) is 72.4 cm³/mol. The summed E-state index contributed by atoms with van der Waals surface area (Å²) >= 11 is 0. The first-order valence-corrected chi connectivity index (χ1v) is 6.61. The van der Waals surface area contributed by atoms with Crippen molar-refractivity contribution in [3.63, 3.8) is 0 Å². The van der Waals surface area contributed by atoms with Gasteiger partial charge < -0.3 is 5.11 Å². The molecule has 1 N–H and O–H groups in total. The van der Waals surface area contributed by atoms with E-state index in [-0.39, 0.29) is 16.9 Å². The molecule has 1 spiro atoms. The van der Waals surface area contributed by atoms with Gasteiger partial charge >= 0.3 is 0 Å². The zero-order chi connectivity index (χ0) is 13.0. The van der Waals surface area contributed by atoms with Crippen LogP contribution in [-0.4, -0.2) is 10.9 Å². The van der Waals surface area contributed by atoms with Crippen molar-refractivity contribution in [3.05, 3.63) is 64.7 Å². The minimum atomic E-state index is -0.292. The zero-order valence-electron chi connectivity index (χ0n) is 10.5. The molecule has 0 aliphatic heterocycles. The average Bonchev–Trinajstić information content (AvgIpc) is 2.90. The lowest BCUT2D eigenvalue weighted by Gasteiger charge is -2.20. The maximum atomic E-state index is 12.7. The number of Topliss-reactive ketones (excluding diaryl/α,β-unsaturated/α-hetero) is 1. The molecule has 0 unspecified atom stereocenters. The Balaban J connectivity index is 1.80. The molecule has 2 aliphatic carbocycles. The van der Waals surface area contributed by atoms with Crippen molar-refractivity contribution in [3.8, 4) is 5.75 Å². The standard InChI is InChI=1S/C17H14O2/c18-14-6-5-13-10-17(16(19)15(13)7-14)8-11-3-1-2-4-12(11)9-17/h1-7,18H,8-10H2. The van der Waals surface area contributed by atoms with Gasteiger partial charge in [0, 0.05) is 11.0 Å². The van der Waals surface area contributed by atoms with Gasteiger partial charge in [0.2, 0.25) is 0 Å². The fourth-order valence-corrected chi connectivity index (χ4v) is 3.64. The molecule has 2 aliphatic rings. The minimum Gasteiger partial charge on any atom is -0.508 e. The Kier molecular flexibility index (Phi) is 1.97. The van der Waals surface area contributed by atoms with Crippen molar-refractivity contribution in [2.75, 3.05) is 0 Å². The second-order valence-electron chi connectivity index (χ2n) is 5.75. The first-order chi connectivity index (χ1) is 9.18. The van der Waals surface area contributed by atoms with E-state index in [0.717, 1.165) is 24.8 Å². The number of benzene rings is 2. The highest BCUT2D eigenvalue weighted by Crippen LogP contribution is 2.47. The van der Waals surface area contributed by atoms with E-state index in [9.17, 15) is 9.90 Å². The highest BCUT2D eigenvalue weighted by Gasteiger charge is 2.48. The van der Waals surface area contributed by atoms with Crippen LogP contribution in [0.2, 0.25) is 0 Å². The van der Waals surface area contributed by atoms with Gasteiger partial charge in [0.25, 0.3) is 0 Å². The molecule has 2 aromatic rings. The Morgan fingerprint density at radius 3 is 2.21 bits per heavy atom. The fraction of sp³-hybridized carbons (Fsp3) is 0.235. The Bertz CT molecular complexity index is 675. The molecule has 19 heavy (non-hydrogen) atoms. The summed E-state index contributed by atoms with van der Waals surface area (Å²) in [7, 11) is 0. The molecule has 0 aromatic heterocycles. The van der Waals surface area contributed by atoms with Crippen molar-refractivity contribution in [2.45, 2.75) is 19.3 Å².